The molecule has 2 aromatic carbocycles. The average molecular weight is 241 g/mol. The van der Waals surface area contributed by atoms with E-state index < -0.39 is 0 Å². The molecule has 0 spiro atoms. The number of nitrogens with two attached hydrogens (primary N) is 1. The zero-order chi connectivity index (χ0) is 12.1. The van der Waals surface area contributed by atoms with Crippen LogP contribution < -0.4 is 5.73 Å². The van der Waals surface area contributed by atoms with Crippen LogP contribution in [-0.4, -0.2) is 4.99 Å². The first-order chi connectivity index (χ1) is 8.25. The zero-order valence-electron chi connectivity index (χ0n) is 9.60. The van der Waals surface area contributed by atoms with Crippen molar-refractivity contribution in [1.82, 2.24) is 0 Å². The van der Waals surface area contributed by atoms with E-state index in [1.54, 1.807) is 0 Å². The van der Waals surface area contributed by atoms with E-state index in [1.807, 2.05) is 18.2 Å². The highest BCUT2D eigenvalue weighted by molar-refractivity contribution is 7.80. The van der Waals surface area contributed by atoms with E-state index in [1.165, 1.54) is 11.1 Å². The second-order valence-electron chi connectivity index (χ2n) is 4.05. The molecule has 0 radical (unpaired) electrons. The van der Waals surface area contributed by atoms with Gasteiger partial charge in [0.15, 0.2) is 0 Å². The predicted octanol–water partition coefficient (Wildman–Crippen LogP) is 3.11. The summed E-state index contributed by atoms with van der Waals surface area (Å²) in [6.07, 6.45) is 2.11. The van der Waals surface area contributed by atoms with E-state index in [0.717, 1.165) is 18.4 Å². The minimum absolute atomic E-state index is 0.458. The summed E-state index contributed by atoms with van der Waals surface area (Å²) in [5, 5.41) is 0. The molecule has 2 N–H and O–H groups in total. The molecule has 1 nitrogen and oxygen atoms in total. The van der Waals surface area contributed by atoms with Gasteiger partial charge in [-0.1, -0.05) is 66.8 Å². The van der Waals surface area contributed by atoms with Crippen molar-refractivity contribution in [1.29, 1.82) is 0 Å². The molecule has 2 rings (SSSR count). The molecule has 0 atom stereocenters. The van der Waals surface area contributed by atoms with Gasteiger partial charge in [0.05, 0.1) is 0 Å². The zero-order valence-corrected chi connectivity index (χ0v) is 10.4. The third-order valence-electron chi connectivity index (χ3n) is 2.78. The Balaban J connectivity index is 1.98. The van der Waals surface area contributed by atoms with Gasteiger partial charge in [0.2, 0.25) is 0 Å². The first-order valence-corrected chi connectivity index (χ1v) is 6.09. The second-order valence-corrected chi connectivity index (χ2v) is 4.49. The molecule has 2 aromatic rings. The fourth-order valence-electron chi connectivity index (χ4n) is 1.77. The maximum Gasteiger partial charge on any atom is 0.103 e. The fourth-order valence-corrected chi connectivity index (χ4v) is 1.91. The molecule has 0 saturated heterocycles. The van der Waals surface area contributed by atoms with E-state index in [4.69, 9.17) is 18.0 Å². The molecule has 86 valence electrons. The highest BCUT2D eigenvalue weighted by atomic mass is 32.1. The molecule has 0 aliphatic heterocycles. The summed E-state index contributed by atoms with van der Waals surface area (Å²) in [5.74, 6) is 0. The summed E-state index contributed by atoms with van der Waals surface area (Å²) in [7, 11) is 0. The molecular weight excluding hydrogens is 226 g/mol. The summed E-state index contributed by atoms with van der Waals surface area (Å²) >= 11 is 4.92. The van der Waals surface area contributed by atoms with Crippen LogP contribution in [0, 0.1) is 0 Å². The highest BCUT2D eigenvalue weighted by Gasteiger charge is 1.98. The molecule has 0 fully saturated rings. The van der Waals surface area contributed by atoms with Gasteiger partial charge in [-0.05, 0) is 24.0 Å². The van der Waals surface area contributed by atoms with Crippen LogP contribution >= 0.6 is 12.2 Å². The Morgan fingerprint density at radius 2 is 1.35 bits per heavy atom. The topological polar surface area (TPSA) is 26.0 Å². The maximum absolute atomic E-state index is 5.56. The number of benzene rings is 2. The molecule has 0 unspecified atom stereocenters. The van der Waals surface area contributed by atoms with E-state index in [2.05, 4.69) is 36.4 Å². The predicted molar refractivity (Wildman–Crippen MR) is 76.2 cm³/mol. The van der Waals surface area contributed by atoms with Gasteiger partial charge >= 0.3 is 0 Å². The monoisotopic (exact) mass is 241 g/mol. The van der Waals surface area contributed by atoms with Crippen LogP contribution in [0.25, 0.3) is 0 Å². The largest absolute Gasteiger partial charge is 0.389 e. The second kappa shape index (κ2) is 5.60. The molecule has 2 heteroatoms. The number of hydrogen-bond donors (Lipinski definition) is 1. The van der Waals surface area contributed by atoms with E-state index in [-0.39, 0.29) is 0 Å². The van der Waals surface area contributed by atoms with Crippen molar-refractivity contribution < 1.29 is 0 Å². The SMILES string of the molecule is NC(=S)c1ccc(CCc2ccccc2)cc1. The molecule has 0 bridgehead atoms. The van der Waals surface area contributed by atoms with Crippen LogP contribution in [0.5, 0.6) is 0 Å². The quantitative estimate of drug-likeness (QED) is 0.832. The molecule has 0 saturated carbocycles. The Bertz CT molecular complexity index is 488. The van der Waals surface area contributed by atoms with E-state index >= 15 is 0 Å². The highest BCUT2D eigenvalue weighted by Crippen LogP contribution is 2.09. The minimum atomic E-state index is 0.458. The number of thiocarbonyl (C=S) groups is 1. The van der Waals surface area contributed by atoms with Gasteiger partial charge in [-0.15, -0.1) is 0 Å². The molecular formula is C15H15NS. The summed E-state index contributed by atoms with van der Waals surface area (Å²) in [6, 6.07) is 18.7. The van der Waals surface area contributed by atoms with Crippen molar-refractivity contribution in [3.8, 4) is 0 Å². The Morgan fingerprint density at radius 1 is 0.824 bits per heavy atom. The van der Waals surface area contributed by atoms with Crippen LogP contribution in [0.2, 0.25) is 0 Å². The summed E-state index contributed by atoms with van der Waals surface area (Å²) in [4.78, 5) is 0.458. The summed E-state index contributed by atoms with van der Waals surface area (Å²) in [5.41, 5.74) is 9.17. The average Bonchev–Trinajstić information content (AvgIpc) is 2.38. The van der Waals surface area contributed by atoms with E-state index in [9.17, 15) is 0 Å². The lowest BCUT2D eigenvalue weighted by Gasteiger charge is -2.03. The Morgan fingerprint density at radius 3 is 1.88 bits per heavy atom. The molecule has 0 amide bonds. The molecule has 0 aliphatic rings. The van der Waals surface area contributed by atoms with Crippen molar-refractivity contribution >= 4 is 17.2 Å². The van der Waals surface area contributed by atoms with E-state index in [0.29, 0.717) is 4.99 Å². The minimum Gasteiger partial charge on any atom is -0.389 e. The third kappa shape index (κ3) is 3.40. The smallest absolute Gasteiger partial charge is 0.103 e. The van der Waals surface area contributed by atoms with Crippen LogP contribution in [0.1, 0.15) is 16.7 Å². The normalized spacial score (nSPS) is 10.1. The molecule has 0 aliphatic carbocycles. The van der Waals surface area contributed by atoms with Gasteiger partial charge in [0, 0.05) is 5.56 Å². The number of rotatable bonds is 4. The van der Waals surface area contributed by atoms with Crippen molar-refractivity contribution in [3.63, 3.8) is 0 Å². The van der Waals surface area contributed by atoms with Gasteiger partial charge in [-0.2, -0.15) is 0 Å². The van der Waals surface area contributed by atoms with Crippen LogP contribution in [0.3, 0.4) is 0 Å². The summed E-state index contributed by atoms with van der Waals surface area (Å²) in [6.45, 7) is 0. The maximum atomic E-state index is 5.56. The standard InChI is InChI=1S/C15H15NS/c16-15(17)14-10-8-13(9-11-14)7-6-12-4-2-1-3-5-12/h1-5,8-11H,6-7H2,(H2,16,17). The lowest BCUT2D eigenvalue weighted by atomic mass is 10.0. The van der Waals surface area contributed by atoms with Crippen molar-refractivity contribution in [2.24, 2.45) is 5.73 Å². The van der Waals surface area contributed by atoms with Crippen molar-refractivity contribution in [2.75, 3.05) is 0 Å². The van der Waals surface area contributed by atoms with Crippen LogP contribution in [0.4, 0.5) is 0 Å². The Kier molecular flexibility index (Phi) is 3.89. The van der Waals surface area contributed by atoms with Gasteiger partial charge in [0.25, 0.3) is 0 Å². The number of aryl methyl sites for hydroxylation is 2. The lowest BCUT2D eigenvalue weighted by molar-refractivity contribution is 0.960. The van der Waals surface area contributed by atoms with Gasteiger partial charge < -0.3 is 5.73 Å². The summed E-state index contributed by atoms with van der Waals surface area (Å²) < 4.78 is 0. The van der Waals surface area contributed by atoms with Crippen LogP contribution in [-0.2, 0) is 12.8 Å². The molecule has 0 aromatic heterocycles. The third-order valence-corrected chi connectivity index (χ3v) is 3.02. The first kappa shape index (κ1) is 11.8. The van der Waals surface area contributed by atoms with Crippen LogP contribution in [0.15, 0.2) is 54.6 Å². The molecule has 17 heavy (non-hydrogen) atoms. The Hall–Kier alpha value is -1.67. The van der Waals surface area contributed by atoms with Crippen molar-refractivity contribution in [2.45, 2.75) is 12.8 Å². The first-order valence-electron chi connectivity index (χ1n) is 5.68. The van der Waals surface area contributed by atoms with Crippen molar-refractivity contribution in [3.05, 3.63) is 71.3 Å². The Labute approximate surface area is 107 Å². The van der Waals surface area contributed by atoms with Gasteiger partial charge in [0.1, 0.15) is 4.99 Å². The number of hydrogen-bond acceptors (Lipinski definition) is 1. The molecule has 0 heterocycles. The van der Waals surface area contributed by atoms with Gasteiger partial charge in [-0.3, -0.25) is 0 Å². The van der Waals surface area contributed by atoms with Gasteiger partial charge in [-0.25, -0.2) is 0 Å². The fraction of sp³-hybridized carbons (Fsp3) is 0.133. The lowest BCUT2D eigenvalue weighted by Crippen LogP contribution is -2.08.